The molecule has 0 bridgehead atoms. The highest BCUT2D eigenvalue weighted by molar-refractivity contribution is 5.74. The van der Waals surface area contributed by atoms with Crippen LogP contribution in [0.3, 0.4) is 0 Å². The quantitative estimate of drug-likeness (QED) is 0.479. The van der Waals surface area contributed by atoms with E-state index in [4.69, 9.17) is 5.84 Å². The van der Waals surface area contributed by atoms with Gasteiger partial charge in [-0.15, -0.1) is 0 Å². The van der Waals surface area contributed by atoms with Crippen molar-refractivity contribution < 1.29 is 0 Å². The number of nitrogen functional groups attached to an aromatic ring is 1. The van der Waals surface area contributed by atoms with Crippen LogP contribution in [0.4, 0.5) is 0 Å². The van der Waals surface area contributed by atoms with Gasteiger partial charge in [0, 0.05) is 12.3 Å². The summed E-state index contributed by atoms with van der Waals surface area (Å²) in [6, 6.07) is 1.73. The topological polar surface area (TPSA) is 91.1 Å². The molecule has 0 aliphatic carbocycles. The van der Waals surface area contributed by atoms with Crippen molar-refractivity contribution in [2.75, 3.05) is 5.84 Å². The van der Waals surface area contributed by atoms with E-state index in [1.54, 1.807) is 12.3 Å². The van der Waals surface area contributed by atoms with Crippen LogP contribution in [0.5, 0.6) is 0 Å². The molecule has 0 atom stereocenters. The predicted octanol–water partition coefficient (Wildman–Crippen LogP) is -0.847. The second-order valence-corrected chi connectivity index (χ2v) is 3.05. The molecule has 2 N–H and O–H groups in total. The van der Waals surface area contributed by atoms with E-state index in [2.05, 4.69) is 15.1 Å². The third kappa shape index (κ3) is 0.938. The van der Waals surface area contributed by atoms with Crippen molar-refractivity contribution >= 4 is 16.7 Å². The standard InChI is InChI=1S/C8H6N6O/c9-13-4-11-7-5(8(13)15)3-10-6-1-2-12-14(6)7/h1-4H,9H2. The summed E-state index contributed by atoms with van der Waals surface area (Å²) in [5.74, 6) is 5.39. The minimum Gasteiger partial charge on any atom is -0.335 e. The fraction of sp³-hybridized carbons (Fsp3) is 0. The molecule has 0 aliphatic heterocycles. The first kappa shape index (κ1) is 7.92. The molecule has 3 aromatic rings. The average molecular weight is 202 g/mol. The van der Waals surface area contributed by atoms with Crippen molar-refractivity contribution in [3.63, 3.8) is 0 Å². The summed E-state index contributed by atoms with van der Waals surface area (Å²) in [6.45, 7) is 0. The van der Waals surface area contributed by atoms with Crippen molar-refractivity contribution in [2.45, 2.75) is 0 Å². The molecule has 0 saturated carbocycles. The lowest BCUT2D eigenvalue weighted by molar-refractivity contribution is 0.883. The zero-order valence-corrected chi connectivity index (χ0v) is 7.53. The van der Waals surface area contributed by atoms with Crippen molar-refractivity contribution in [1.29, 1.82) is 0 Å². The lowest BCUT2D eigenvalue weighted by atomic mass is 10.4. The summed E-state index contributed by atoms with van der Waals surface area (Å²) < 4.78 is 2.41. The first-order valence-electron chi connectivity index (χ1n) is 4.22. The Morgan fingerprint density at radius 1 is 1.33 bits per heavy atom. The van der Waals surface area contributed by atoms with E-state index in [1.807, 2.05) is 0 Å². The van der Waals surface area contributed by atoms with Crippen LogP contribution in [-0.4, -0.2) is 24.3 Å². The number of nitrogens with zero attached hydrogens (tertiary/aromatic N) is 5. The number of fused-ring (bicyclic) bond motifs is 3. The normalized spacial score (nSPS) is 11.2. The molecule has 0 aromatic carbocycles. The summed E-state index contributed by atoms with van der Waals surface area (Å²) in [5.41, 5.74) is 0.755. The van der Waals surface area contributed by atoms with Crippen LogP contribution < -0.4 is 11.4 Å². The molecule has 7 nitrogen and oxygen atoms in total. The zero-order chi connectivity index (χ0) is 10.4. The van der Waals surface area contributed by atoms with Crippen molar-refractivity contribution in [1.82, 2.24) is 24.3 Å². The molecule has 0 amide bonds. The highest BCUT2D eigenvalue weighted by atomic mass is 16.1. The van der Waals surface area contributed by atoms with Crippen LogP contribution in [0.25, 0.3) is 16.7 Å². The second kappa shape index (κ2) is 2.53. The van der Waals surface area contributed by atoms with Gasteiger partial charge in [-0.3, -0.25) is 4.79 Å². The van der Waals surface area contributed by atoms with E-state index < -0.39 is 0 Å². The molecule has 3 heterocycles. The fourth-order valence-corrected chi connectivity index (χ4v) is 1.44. The van der Waals surface area contributed by atoms with Gasteiger partial charge in [-0.05, 0) is 0 Å². The van der Waals surface area contributed by atoms with Gasteiger partial charge in [0.15, 0.2) is 11.3 Å². The third-order valence-electron chi connectivity index (χ3n) is 2.16. The summed E-state index contributed by atoms with van der Waals surface area (Å²) in [4.78, 5) is 19.7. The van der Waals surface area contributed by atoms with Gasteiger partial charge in [0.05, 0.1) is 6.20 Å². The molecule has 0 spiro atoms. The largest absolute Gasteiger partial charge is 0.335 e. The Morgan fingerprint density at radius 2 is 2.20 bits per heavy atom. The molecule has 0 unspecified atom stereocenters. The van der Waals surface area contributed by atoms with Gasteiger partial charge in [0.25, 0.3) is 5.56 Å². The Kier molecular flexibility index (Phi) is 1.34. The molecule has 7 heteroatoms. The molecule has 74 valence electrons. The number of hydrogen-bond donors (Lipinski definition) is 1. The molecule has 0 fully saturated rings. The van der Waals surface area contributed by atoms with Crippen molar-refractivity contribution in [3.8, 4) is 0 Å². The lowest BCUT2D eigenvalue weighted by Crippen LogP contribution is -2.27. The number of aromatic nitrogens is 5. The highest BCUT2D eigenvalue weighted by Gasteiger charge is 2.07. The van der Waals surface area contributed by atoms with Crippen LogP contribution in [-0.2, 0) is 0 Å². The Bertz CT molecular complexity index is 712. The van der Waals surface area contributed by atoms with E-state index in [0.29, 0.717) is 16.7 Å². The zero-order valence-electron chi connectivity index (χ0n) is 7.53. The average Bonchev–Trinajstić information content (AvgIpc) is 2.71. The summed E-state index contributed by atoms with van der Waals surface area (Å²) in [6.07, 6.45) is 4.30. The van der Waals surface area contributed by atoms with Gasteiger partial charge in [0.1, 0.15) is 11.7 Å². The molecule has 3 rings (SSSR count). The SMILES string of the molecule is Nn1cnc2c(cnc3ccnn32)c1=O. The Hall–Kier alpha value is -2.44. The predicted molar refractivity (Wildman–Crippen MR) is 52.7 cm³/mol. The van der Waals surface area contributed by atoms with E-state index in [-0.39, 0.29) is 5.56 Å². The summed E-state index contributed by atoms with van der Waals surface area (Å²) >= 11 is 0. The molecule has 15 heavy (non-hydrogen) atoms. The van der Waals surface area contributed by atoms with Gasteiger partial charge < -0.3 is 5.84 Å². The Labute approximate surface area is 82.8 Å². The van der Waals surface area contributed by atoms with Crippen molar-refractivity contribution in [2.24, 2.45) is 0 Å². The molecule has 0 aliphatic rings. The monoisotopic (exact) mass is 202 g/mol. The summed E-state index contributed by atoms with van der Waals surface area (Å²) in [7, 11) is 0. The second-order valence-electron chi connectivity index (χ2n) is 3.05. The summed E-state index contributed by atoms with van der Waals surface area (Å²) in [5, 5.41) is 4.36. The number of hydrogen-bond acceptors (Lipinski definition) is 5. The first-order valence-corrected chi connectivity index (χ1v) is 4.22. The smallest absolute Gasteiger partial charge is 0.282 e. The van der Waals surface area contributed by atoms with Gasteiger partial charge in [-0.1, -0.05) is 0 Å². The molecular formula is C8H6N6O. The van der Waals surface area contributed by atoms with Gasteiger partial charge in [-0.25, -0.2) is 14.6 Å². The minimum atomic E-state index is -0.343. The lowest BCUT2D eigenvalue weighted by Gasteiger charge is -2.00. The van der Waals surface area contributed by atoms with Crippen LogP contribution >= 0.6 is 0 Å². The molecule has 0 saturated heterocycles. The first-order chi connectivity index (χ1) is 7.27. The Balaban J connectivity index is 2.66. The van der Waals surface area contributed by atoms with Crippen LogP contribution in [0.1, 0.15) is 0 Å². The highest BCUT2D eigenvalue weighted by Crippen LogP contribution is 2.06. The molecular weight excluding hydrogens is 196 g/mol. The van der Waals surface area contributed by atoms with E-state index >= 15 is 0 Å². The molecule has 3 aromatic heterocycles. The van der Waals surface area contributed by atoms with E-state index in [9.17, 15) is 4.79 Å². The maximum absolute atomic E-state index is 11.6. The fourth-order valence-electron chi connectivity index (χ4n) is 1.44. The number of rotatable bonds is 0. The van der Waals surface area contributed by atoms with Crippen LogP contribution in [0.15, 0.2) is 29.6 Å². The van der Waals surface area contributed by atoms with E-state index in [0.717, 1.165) is 4.68 Å². The van der Waals surface area contributed by atoms with Crippen molar-refractivity contribution in [3.05, 3.63) is 35.1 Å². The van der Waals surface area contributed by atoms with Crippen LogP contribution in [0, 0.1) is 0 Å². The minimum absolute atomic E-state index is 0.343. The molecule has 0 radical (unpaired) electrons. The maximum Gasteiger partial charge on any atom is 0.282 e. The third-order valence-corrected chi connectivity index (χ3v) is 2.16. The van der Waals surface area contributed by atoms with Gasteiger partial charge >= 0.3 is 0 Å². The van der Waals surface area contributed by atoms with E-state index in [1.165, 1.54) is 17.0 Å². The van der Waals surface area contributed by atoms with Crippen LogP contribution in [0.2, 0.25) is 0 Å². The maximum atomic E-state index is 11.6. The van der Waals surface area contributed by atoms with Gasteiger partial charge in [-0.2, -0.15) is 9.61 Å². The Morgan fingerprint density at radius 3 is 3.07 bits per heavy atom. The number of nitrogens with two attached hydrogens (primary N) is 1. The van der Waals surface area contributed by atoms with Gasteiger partial charge in [0.2, 0.25) is 0 Å².